The molecule has 5 saturated carbocycles. The SMILES string of the molecule is CCCC[C@H]1CC[C@H]2CCC[C@]23c2cc(c(O)c(O[C@]4(CNC)CC[C@H](C[C@H](O)OC5CCCC5)C4)c2)NC(=NC)NC#CC[C@@H]2CCC[C@]2(Cc2ccc(O)c(OC)c2)C(=O)/C=C/[C@H]13. The minimum atomic E-state index is -0.795. The van der Waals surface area contributed by atoms with Gasteiger partial charge in [-0.15, -0.1) is 0 Å². The number of nitrogens with zero attached hydrogens (tertiary/aromatic N) is 1. The van der Waals surface area contributed by atoms with E-state index in [0.717, 1.165) is 127 Å². The van der Waals surface area contributed by atoms with Crippen LogP contribution >= 0.6 is 0 Å². The standard InChI is InChI=1S/C54H76N4O7/c1-5-6-12-38-19-20-40-14-10-26-54(40)41-31-44(50(62)47(32-41)65-52(35-55-2)27-24-37(33-52)30-49(61)64-42-16-7-8-17-42)58-51(56-3)57-28-11-15-39-13-9-25-53(39,48(60)23-21-43(38)54)34-36-18-22-45(59)46(29-36)63-4/h18,21-23,29,31-32,37-40,42-43,49,55,59,61-62H,5-10,12-17,19-20,24-27,30,33-35H2,1-4H3,(H2,56,57,58)/b23-21+/t37-,38+,39+,40-,43-,49-,52-,53-,54-/m1/s1. The number of allylic oxidation sites excluding steroid dienone is 2. The van der Waals surface area contributed by atoms with Gasteiger partial charge < -0.3 is 40.2 Å². The Morgan fingerprint density at radius 2 is 1.78 bits per heavy atom. The average molecular weight is 893 g/mol. The Balaban J connectivity index is 1.21. The molecule has 8 rings (SSSR count). The lowest BCUT2D eigenvalue weighted by Gasteiger charge is -2.50. The number of aliphatic imine (C=N–C) groups is 1. The summed E-state index contributed by atoms with van der Waals surface area (Å²) in [6.07, 6.45) is 23.4. The number of rotatable bonds is 14. The molecule has 11 nitrogen and oxygen atoms in total. The van der Waals surface area contributed by atoms with E-state index < -0.39 is 17.3 Å². The third-order valence-electron chi connectivity index (χ3n) is 16.8. The van der Waals surface area contributed by atoms with Crippen LogP contribution in [-0.4, -0.2) is 72.8 Å². The summed E-state index contributed by atoms with van der Waals surface area (Å²) < 4.78 is 18.8. The molecule has 354 valence electrons. The third-order valence-corrected chi connectivity index (χ3v) is 16.8. The van der Waals surface area contributed by atoms with E-state index in [1.807, 2.05) is 25.3 Å². The highest BCUT2D eigenvalue weighted by molar-refractivity contribution is 5.97. The van der Waals surface area contributed by atoms with Gasteiger partial charge in [0.15, 0.2) is 35.1 Å². The molecule has 6 N–H and O–H groups in total. The molecule has 5 aliphatic carbocycles. The van der Waals surface area contributed by atoms with Crippen molar-refractivity contribution in [3.63, 3.8) is 0 Å². The first-order valence-electron chi connectivity index (χ1n) is 25.2. The minimum Gasteiger partial charge on any atom is -0.504 e. The molecule has 0 aromatic heterocycles. The zero-order valence-corrected chi connectivity index (χ0v) is 39.6. The normalized spacial score (nSPS) is 33.0. The van der Waals surface area contributed by atoms with Gasteiger partial charge in [0.2, 0.25) is 5.96 Å². The second-order valence-electron chi connectivity index (χ2n) is 20.6. The Kier molecular flexibility index (Phi) is 15.1. The van der Waals surface area contributed by atoms with Crippen molar-refractivity contribution in [2.24, 2.45) is 40.0 Å². The highest BCUT2D eigenvalue weighted by Crippen LogP contribution is 2.61. The highest BCUT2D eigenvalue weighted by Gasteiger charge is 2.55. The van der Waals surface area contributed by atoms with Gasteiger partial charge in [0.05, 0.1) is 18.9 Å². The van der Waals surface area contributed by atoms with Crippen LogP contribution in [0.5, 0.6) is 23.0 Å². The quantitative estimate of drug-likeness (QED) is 0.0614. The van der Waals surface area contributed by atoms with E-state index >= 15 is 4.79 Å². The predicted octanol–water partition coefficient (Wildman–Crippen LogP) is 9.67. The number of ether oxygens (including phenoxy) is 3. The fraction of sp³-hybridized carbons (Fsp3) is 0.667. The molecule has 65 heavy (non-hydrogen) atoms. The number of fused-ring (bicyclic) bond motifs is 3. The molecule has 2 bridgehead atoms. The summed E-state index contributed by atoms with van der Waals surface area (Å²) in [6.45, 7) is 2.86. The summed E-state index contributed by atoms with van der Waals surface area (Å²) in [5.74, 6) is 6.05. The van der Waals surface area contributed by atoms with E-state index in [0.29, 0.717) is 60.8 Å². The number of nitrogens with one attached hydrogen (secondary N) is 3. The van der Waals surface area contributed by atoms with Gasteiger partial charge in [-0.3, -0.25) is 15.1 Å². The predicted molar refractivity (Wildman–Crippen MR) is 256 cm³/mol. The summed E-state index contributed by atoms with van der Waals surface area (Å²) >= 11 is 0. The molecule has 2 aromatic rings. The fourth-order valence-electron chi connectivity index (χ4n) is 13.7. The van der Waals surface area contributed by atoms with Gasteiger partial charge in [-0.1, -0.05) is 63.5 Å². The summed E-state index contributed by atoms with van der Waals surface area (Å²) in [5.41, 5.74) is 1.06. The molecule has 6 aliphatic rings. The molecular weight excluding hydrogens is 817 g/mol. The van der Waals surface area contributed by atoms with Gasteiger partial charge in [0.1, 0.15) is 5.60 Å². The molecular formula is C54H76N4O7. The van der Waals surface area contributed by atoms with Crippen LogP contribution in [-0.2, 0) is 21.4 Å². The van der Waals surface area contributed by atoms with E-state index in [9.17, 15) is 15.3 Å². The third kappa shape index (κ3) is 9.92. The summed E-state index contributed by atoms with van der Waals surface area (Å²) in [4.78, 5) is 19.9. The average Bonchev–Trinajstić information content (AvgIpc) is 4.13. The first kappa shape index (κ1) is 47.3. The Labute approximate surface area is 388 Å². The minimum absolute atomic E-state index is 0.0301. The fourth-order valence-corrected chi connectivity index (χ4v) is 13.7. The van der Waals surface area contributed by atoms with Crippen LogP contribution in [0.3, 0.4) is 0 Å². The van der Waals surface area contributed by atoms with Gasteiger partial charge in [0, 0.05) is 43.3 Å². The van der Waals surface area contributed by atoms with Crippen LogP contribution in [0, 0.1) is 47.0 Å². The van der Waals surface area contributed by atoms with Crippen LogP contribution in [0.25, 0.3) is 0 Å². The number of phenols is 2. The second kappa shape index (κ2) is 20.7. The van der Waals surface area contributed by atoms with E-state index in [2.05, 4.69) is 58.0 Å². The highest BCUT2D eigenvalue weighted by atomic mass is 16.6. The number of carbonyl (C=O) groups excluding carboxylic acids is 1. The van der Waals surface area contributed by atoms with E-state index in [-0.39, 0.29) is 46.6 Å². The molecule has 0 saturated heterocycles. The van der Waals surface area contributed by atoms with Crippen LogP contribution in [0.4, 0.5) is 5.69 Å². The van der Waals surface area contributed by atoms with Crippen molar-refractivity contribution in [1.82, 2.24) is 10.6 Å². The zero-order valence-electron chi connectivity index (χ0n) is 39.6. The monoisotopic (exact) mass is 893 g/mol. The van der Waals surface area contributed by atoms with Crippen molar-refractivity contribution < 1.29 is 34.3 Å². The van der Waals surface area contributed by atoms with Crippen molar-refractivity contribution in [1.29, 1.82) is 0 Å². The van der Waals surface area contributed by atoms with Gasteiger partial charge in [-0.05, 0) is 162 Å². The molecule has 1 spiro atoms. The Hall–Kier alpha value is -4.24. The lowest BCUT2D eigenvalue weighted by Crippen LogP contribution is -2.46. The maximum Gasteiger partial charge on any atom is 0.207 e. The largest absolute Gasteiger partial charge is 0.504 e. The number of carbonyl (C=O) groups is 1. The second-order valence-corrected chi connectivity index (χ2v) is 20.6. The molecule has 11 heteroatoms. The Morgan fingerprint density at radius 3 is 2.57 bits per heavy atom. The Bertz CT molecular complexity index is 2110. The van der Waals surface area contributed by atoms with Crippen LogP contribution in [0.1, 0.15) is 146 Å². The number of aromatic hydroxyl groups is 2. The number of guanidine groups is 1. The van der Waals surface area contributed by atoms with Crippen molar-refractivity contribution in [3.05, 3.63) is 53.6 Å². The molecule has 2 aromatic carbocycles. The number of unbranched alkanes of at least 4 members (excludes halogenated alkanes) is 1. The maximum atomic E-state index is 15.3. The van der Waals surface area contributed by atoms with Crippen LogP contribution < -0.4 is 25.4 Å². The number of anilines is 1. The number of hydrogen-bond acceptors (Lipinski definition) is 9. The molecule has 5 fully saturated rings. The summed E-state index contributed by atoms with van der Waals surface area (Å²) in [6, 6.07) is 12.9. The van der Waals surface area contributed by atoms with Crippen LogP contribution in [0.2, 0.25) is 0 Å². The molecule has 0 amide bonds. The first-order valence-corrected chi connectivity index (χ1v) is 25.2. The number of ketones is 1. The number of aliphatic hydroxyl groups is 1. The Morgan fingerprint density at radius 1 is 0.969 bits per heavy atom. The lowest BCUT2D eigenvalue weighted by molar-refractivity contribution is -0.143. The number of phenolic OH excluding ortho intramolecular Hbond substituents is 2. The van der Waals surface area contributed by atoms with E-state index in [1.165, 1.54) is 0 Å². The summed E-state index contributed by atoms with van der Waals surface area (Å²) in [5, 5.41) is 43.9. The summed E-state index contributed by atoms with van der Waals surface area (Å²) in [7, 11) is 5.21. The van der Waals surface area contributed by atoms with Gasteiger partial charge in [-0.25, -0.2) is 0 Å². The number of aliphatic hydroxyl groups excluding tert-OH is 1. The van der Waals surface area contributed by atoms with Crippen molar-refractivity contribution >= 4 is 17.4 Å². The lowest BCUT2D eigenvalue weighted by atomic mass is 9.54. The molecule has 0 unspecified atom stereocenters. The smallest absolute Gasteiger partial charge is 0.207 e. The molecule has 1 heterocycles. The van der Waals surface area contributed by atoms with Crippen molar-refractivity contribution in [2.45, 2.75) is 165 Å². The molecule has 1 aliphatic heterocycles. The number of likely N-dealkylation sites (N-methyl/N-ethyl adjacent to an activating group) is 1. The van der Waals surface area contributed by atoms with Gasteiger partial charge >= 0.3 is 0 Å². The number of benzene rings is 2. The zero-order chi connectivity index (χ0) is 45.6. The number of methoxy groups -OCH3 is 1. The van der Waals surface area contributed by atoms with Crippen LogP contribution in [0.15, 0.2) is 47.5 Å². The van der Waals surface area contributed by atoms with Gasteiger partial charge in [0.25, 0.3) is 0 Å². The molecule has 9 atom stereocenters. The maximum absolute atomic E-state index is 15.3. The molecule has 0 radical (unpaired) electrons. The number of hydrogen-bond donors (Lipinski definition) is 6. The van der Waals surface area contributed by atoms with Crippen molar-refractivity contribution in [3.8, 4) is 35.0 Å². The first-order chi connectivity index (χ1) is 31.5. The van der Waals surface area contributed by atoms with E-state index in [4.69, 9.17) is 14.2 Å². The van der Waals surface area contributed by atoms with E-state index in [1.54, 1.807) is 20.2 Å². The van der Waals surface area contributed by atoms with Gasteiger partial charge in [-0.2, -0.15) is 0 Å². The topological polar surface area (TPSA) is 154 Å². The van der Waals surface area contributed by atoms with Crippen molar-refractivity contribution in [2.75, 3.05) is 33.1 Å².